The first-order valence-corrected chi connectivity index (χ1v) is 3.93. The van der Waals surface area contributed by atoms with Crippen molar-refractivity contribution in [2.45, 2.75) is 13.0 Å². The van der Waals surface area contributed by atoms with Crippen LogP contribution < -0.4 is 5.73 Å². The van der Waals surface area contributed by atoms with Gasteiger partial charge in [-0.05, 0) is 13.0 Å². The van der Waals surface area contributed by atoms with E-state index >= 15 is 0 Å². The van der Waals surface area contributed by atoms with Gasteiger partial charge >= 0.3 is 0 Å². The van der Waals surface area contributed by atoms with Gasteiger partial charge in [-0.2, -0.15) is 0 Å². The lowest BCUT2D eigenvalue weighted by Gasteiger charge is -2.06. The van der Waals surface area contributed by atoms with Gasteiger partial charge < -0.3 is 5.73 Å². The summed E-state index contributed by atoms with van der Waals surface area (Å²) in [5.41, 5.74) is 6.38. The van der Waals surface area contributed by atoms with Crippen LogP contribution in [0.2, 0.25) is 10.2 Å². The third-order valence-corrected chi connectivity index (χ3v) is 1.85. The topological polar surface area (TPSA) is 38.9 Å². The number of pyridine rings is 1. The van der Waals surface area contributed by atoms with Gasteiger partial charge in [0.25, 0.3) is 0 Å². The Morgan fingerprint density at radius 2 is 2.18 bits per heavy atom. The molecule has 1 aromatic rings. The lowest BCUT2D eigenvalue weighted by molar-refractivity contribution is 0.812. The van der Waals surface area contributed by atoms with Crippen LogP contribution in [0.15, 0.2) is 12.3 Å². The molecule has 0 aliphatic carbocycles. The summed E-state index contributed by atoms with van der Waals surface area (Å²) < 4.78 is 0. The summed E-state index contributed by atoms with van der Waals surface area (Å²) in [5, 5.41) is 0.978. The van der Waals surface area contributed by atoms with Crippen molar-refractivity contribution in [2.24, 2.45) is 5.73 Å². The molecule has 0 saturated carbocycles. The van der Waals surface area contributed by atoms with E-state index in [0.717, 1.165) is 5.56 Å². The smallest absolute Gasteiger partial charge is 0.133 e. The van der Waals surface area contributed by atoms with Crippen molar-refractivity contribution in [3.8, 4) is 0 Å². The van der Waals surface area contributed by atoms with Crippen molar-refractivity contribution in [3.63, 3.8) is 0 Å². The molecule has 1 atom stereocenters. The van der Waals surface area contributed by atoms with E-state index in [1.165, 1.54) is 6.20 Å². The second-order valence-corrected chi connectivity index (χ2v) is 3.12. The fourth-order valence-electron chi connectivity index (χ4n) is 0.758. The van der Waals surface area contributed by atoms with Gasteiger partial charge in [-0.3, -0.25) is 0 Å². The first kappa shape index (κ1) is 8.78. The molecule has 0 unspecified atom stereocenters. The Labute approximate surface area is 75.3 Å². The summed E-state index contributed by atoms with van der Waals surface area (Å²) in [7, 11) is 0. The number of aromatic nitrogens is 1. The largest absolute Gasteiger partial charge is 0.324 e. The van der Waals surface area contributed by atoms with E-state index in [1.807, 2.05) is 6.92 Å². The third kappa shape index (κ3) is 2.06. The van der Waals surface area contributed by atoms with Gasteiger partial charge in [-0.15, -0.1) is 0 Å². The van der Waals surface area contributed by atoms with Crippen molar-refractivity contribution in [3.05, 3.63) is 28.0 Å². The van der Waals surface area contributed by atoms with Gasteiger partial charge in [0, 0.05) is 17.8 Å². The summed E-state index contributed by atoms with van der Waals surface area (Å²) in [5.74, 6) is 0. The minimum Gasteiger partial charge on any atom is -0.324 e. The predicted molar refractivity (Wildman–Crippen MR) is 46.9 cm³/mol. The van der Waals surface area contributed by atoms with E-state index in [-0.39, 0.29) is 6.04 Å². The number of nitrogens with two attached hydrogens (primary N) is 1. The van der Waals surface area contributed by atoms with Crippen molar-refractivity contribution < 1.29 is 0 Å². The zero-order valence-electron chi connectivity index (χ0n) is 6.01. The van der Waals surface area contributed by atoms with E-state index in [9.17, 15) is 0 Å². The van der Waals surface area contributed by atoms with Gasteiger partial charge in [-0.1, -0.05) is 23.2 Å². The van der Waals surface area contributed by atoms with E-state index < -0.39 is 0 Å². The molecule has 1 aromatic heterocycles. The van der Waals surface area contributed by atoms with Crippen LogP contribution in [0.25, 0.3) is 0 Å². The molecule has 0 aromatic carbocycles. The van der Waals surface area contributed by atoms with Gasteiger partial charge in [0.05, 0.1) is 5.02 Å². The van der Waals surface area contributed by atoms with Gasteiger partial charge in [-0.25, -0.2) is 4.98 Å². The van der Waals surface area contributed by atoms with Crippen molar-refractivity contribution in [2.75, 3.05) is 0 Å². The Morgan fingerprint density at radius 3 is 2.64 bits per heavy atom. The molecule has 1 rings (SSSR count). The summed E-state index contributed by atoms with van der Waals surface area (Å²) in [6.45, 7) is 1.83. The summed E-state index contributed by atoms with van der Waals surface area (Å²) in [6, 6.07) is 1.59. The molecule has 0 amide bonds. The molecule has 4 heteroatoms. The van der Waals surface area contributed by atoms with Crippen LogP contribution in [0.1, 0.15) is 18.5 Å². The Balaban J connectivity index is 3.13. The maximum Gasteiger partial charge on any atom is 0.133 e. The summed E-state index contributed by atoms with van der Waals surface area (Å²) in [4.78, 5) is 3.85. The highest BCUT2D eigenvalue weighted by Gasteiger charge is 2.06. The molecule has 11 heavy (non-hydrogen) atoms. The summed E-state index contributed by atoms with van der Waals surface area (Å²) in [6.07, 6.45) is 1.50. The Hall–Kier alpha value is -0.310. The minimum atomic E-state index is -0.131. The second kappa shape index (κ2) is 3.39. The SMILES string of the molecule is C[C@H](N)c1cc(Cl)cnc1Cl. The van der Waals surface area contributed by atoms with Crippen LogP contribution >= 0.6 is 23.2 Å². The first-order valence-electron chi connectivity index (χ1n) is 3.18. The number of hydrogen-bond acceptors (Lipinski definition) is 2. The molecule has 0 fully saturated rings. The zero-order chi connectivity index (χ0) is 8.43. The Bertz CT molecular complexity index is 261. The highest BCUT2D eigenvalue weighted by Crippen LogP contribution is 2.21. The van der Waals surface area contributed by atoms with Gasteiger partial charge in [0.1, 0.15) is 5.15 Å². The van der Waals surface area contributed by atoms with Crippen LogP contribution in [0, 0.1) is 0 Å². The van der Waals surface area contributed by atoms with Crippen LogP contribution in [0.4, 0.5) is 0 Å². The number of rotatable bonds is 1. The molecule has 0 spiro atoms. The van der Waals surface area contributed by atoms with E-state index in [2.05, 4.69) is 4.98 Å². The molecule has 60 valence electrons. The fraction of sp³-hybridized carbons (Fsp3) is 0.286. The van der Waals surface area contributed by atoms with E-state index in [1.54, 1.807) is 6.07 Å². The average Bonchev–Trinajstić information content (AvgIpc) is 1.94. The standard InChI is InChI=1S/C7H8Cl2N2/c1-4(10)6-2-5(8)3-11-7(6)9/h2-4H,10H2,1H3/t4-/m0/s1. The Kier molecular flexibility index (Phi) is 2.71. The van der Waals surface area contributed by atoms with E-state index in [0.29, 0.717) is 10.2 Å². The molecule has 0 aliphatic heterocycles. The van der Waals surface area contributed by atoms with E-state index in [4.69, 9.17) is 28.9 Å². The lowest BCUT2D eigenvalue weighted by Crippen LogP contribution is -2.06. The number of hydrogen-bond donors (Lipinski definition) is 1. The average molecular weight is 191 g/mol. The molecular weight excluding hydrogens is 183 g/mol. The molecule has 2 N–H and O–H groups in total. The first-order chi connectivity index (χ1) is 5.11. The zero-order valence-corrected chi connectivity index (χ0v) is 7.52. The normalized spacial score (nSPS) is 13.1. The molecule has 2 nitrogen and oxygen atoms in total. The van der Waals surface area contributed by atoms with Crippen LogP contribution in [-0.4, -0.2) is 4.98 Å². The van der Waals surface area contributed by atoms with Crippen molar-refractivity contribution in [1.82, 2.24) is 4.98 Å². The maximum absolute atomic E-state index is 5.74. The molecule has 0 radical (unpaired) electrons. The van der Waals surface area contributed by atoms with Crippen LogP contribution in [-0.2, 0) is 0 Å². The van der Waals surface area contributed by atoms with Crippen molar-refractivity contribution >= 4 is 23.2 Å². The molecule has 0 aliphatic rings. The lowest BCUT2D eigenvalue weighted by atomic mass is 10.2. The monoisotopic (exact) mass is 190 g/mol. The summed E-state index contributed by atoms with van der Waals surface area (Å²) >= 11 is 11.4. The molecular formula is C7H8Cl2N2. The highest BCUT2D eigenvalue weighted by molar-refractivity contribution is 6.32. The minimum absolute atomic E-state index is 0.131. The second-order valence-electron chi connectivity index (χ2n) is 2.32. The quantitative estimate of drug-likeness (QED) is 0.692. The highest BCUT2D eigenvalue weighted by atomic mass is 35.5. The number of halogens is 2. The molecule has 1 heterocycles. The van der Waals surface area contributed by atoms with Gasteiger partial charge in [0.2, 0.25) is 0 Å². The van der Waals surface area contributed by atoms with Crippen LogP contribution in [0.5, 0.6) is 0 Å². The number of nitrogens with zero attached hydrogens (tertiary/aromatic N) is 1. The third-order valence-electron chi connectivity index (χ3n) is 1.32. The van der Waals surface area contributed by atoms with Crippen molar-refractivity contribution in [1.29, 1.82) is 0 Å². The van der Waals surface area contributed by atoms with Gasteiger partial charge in [0.15, 0.2) is 0 Å². The molecule has 0 saturated heterocycles. The van der Waals surface area contributed by atoms with Crippen LogP contribution in [0.3, 0.4) is 0 Å². The Morgan fingerprint density at radius 1 is 1.55 bits per heavy atom. The predicted octanol–water partition coefficient (Wildman–Crippen LogP) is 2.41. The molecule has 0 bridgehead atoms. The fourth-order valence-corrected chi connectivity index (χ4v) is 1.20. The maximum atomic E-state index is 5.74.